The van der Waals surface area contributed by atoms with Gasteiger partial charge >= 0.3 is 17.9 Å². The molecule has 0 aliphatic heterocycles. The molecule has 0 aliphatic carbocycles. The van der Waals surface area contributed by atoms with Crippen LogP contribution in [0.25, 0.3) is 0 Å². The quantitative estimate of drug-likeness (QED) is 0.0261. The van der Waals surface area contributed by atoms with Gasteiger partial charge < -0.3 is 14.2 Å². The molecule has 1 unspecified atom stereocenters. The topological polar surface area (TPSA) is 78.9 Å². The van der Waals surface area contributed by atoms with Gasteiger partial charge in [0.1, 0.15) is 13.2 Å². The van der Waals surface area contributed by atoms with Gasteiger partial charge in [-0.25, -0.2) is 0 Å². The van der Waals surface area contributed by atoms with E-state index in [1.165, 1.54) is 218 Å². The number of carbonyl (C=O) groups is 3. The first-order valence-corrected chi connectivity index (χ1v) is 30.5. The summed E-state index contributed by atoms with van der Waals surface area (Å²) in [7, 11) is 0. The molecule has 1 atom stereocenters. The lowest BCUT2D eigenvalue weighted by atomic mass is 10.0. The smallest absolute Gasteiger partial charge is 0.306 e. The van der Waals surface area contributed by atoms with E-state index in [0.29, 0.717) is 19.3 Å². The van der Waals surface area contributed by atoms with E-state index in [0.717, 1.165) is 70.6 Å². The van der Waals surface area contributed by atoms with Crippen LogP contribution < -0.4 is 0 Å². The number of unbranched alkanes of at least 4 members (excludes halogenated alkanes) is 39. The maximum atomic E-state index is 12.8. The van der Waals surface area contributed by atoms with Crippen LogP contribution >= 0.6 is 0 Å². The fourth-order valence-electron chi connectivity index (χ4n) is 9.04. The van der Waals surface area contributed by atoms with E-state index in [9.17, 15) is 14.4 Å². The Morgan fingerprint density at radius 3 is 0.812 bits per heavy atom. The highest BCUT2D eigenvalue weighted by Gasteiger charge is 2.19. The maximum Gasteiger partial charge on any atom is 0.306 e. The zero-order valence-electron chi connectivity index (χ0n) is 46.3. The van der Waals surface area contributed by atoms with Gasteiger partial charge in [0, 0.05) is 19.3 Å². The minimum absolute atomic E-state index is 0.0665. The van der Waals surface area contributed by atoms with E-state index in [1.54, 1.807) is 0 Å². The van der Waals surface area contributed by atoms with Crippen LogP contribution in [0.1, 0.15) is 329 Å². The van der Waals surface area contributed by atoms with E-state index < -0.39 is 6.10 Å². The highest BCUT2D eigenvalue weighted by atomic mass is 16.6. The summed E-state index contributed by atoms with van der Waals surface area (Å²) in [5.41, 5.74) is 0. The molecule has 0 saturated heterocycles. The summed E-state index contributed by atoms with van der Waals surface area (Å²) < 4.78 is 16.8. The Hall–Kier alpha value is -2.37. The third-order valence-electron chi connectivity index (χ3n) is 13.6. The Morgan fingerprint density at radius 2 is 0.522 bits per heavy atom. The predicted octanol–water partition coefficient (Wildman–Crippen LogP) is 20.4. The molecule has 0 rings (SSSR count). The molecule has 69 heavy (non-hydrogen) atoms. The number of esters is 3. The molecule has 0 N–H and O–H groups in total. The van der Waals surface area contributed by atoms with Crippen molar-refractivity contribution in [1.29, 1.82) is 0 Å². The standard InChI is InChI=1S/C63H116O6/c1-4-7-10-13-16-19-22-23-24-25-26-27-28-29-30-31-32-33-34-35-36-37-38-39-42-44-47-50-53-56-62(65)68-59-60(69-63(66)57-54-51-48-45-41-21-18-15-12-9-6-3)58-67-61(64)55-52-49-46-43-40-20-17-14-11-8-5-2/h22-23,25-26,28-29,60H,4-21,24,27,30-59H2,1-3H3/b23-22-,26-25-,29-28-. The average molecular weight is 970 g/mol. The van der Waals surface area contributed by atoms with Crippen LogP contribution in [0.4, 0.5) is 0 Å². The van der Waals surface area contributed by atoms with Gasteiger partial charge in [0.2, 0.25) is 0 Å². The molecule has 6 nitrogen and oxygen atoms in total. The van der Waals surface area contributed by atoms with Crippen LogP contribution in [0.2, 0.25) is 0 Å². The molecular formula is C63H116O6. The predicted molar refractivity (Wildman–Crippen MR) is 298 cm³/mol. The van der Waals surface area contributed by atoms with Gasteiger partial charge in [-0.15, -0.1) is 0 Å². The van der Waals surface area contributed by atoms with Crippen LogP contribution in [-0.2, 0) is 28.6 Å². The first-order valence-electron chi connectivity index (χ1n) is 30.5. The Labute approximate surface area is 429 Å². The van der Waals surface area contributed by atoms with Crippen molar-refractivity contribution in [2.45, 2.75) is 335 Å². The number of hydrogen-bond donors (Lipinski definition) is 0. The van der Waals surface area contributed by atoms with Crippen LogP contribution in [-0.4, -0.2) is 37.2 Å². The molecule has 0 aromatic heterocycles. The lowest BCUT2D eigenvalue weighted by Gasteiger charge is -2.18. The van der Waals surface area contributed by atoms with Gasteiger partial charge in [-0.2, -0.15) is 0 Å². The first kappa shape index (κ1) is 66.6. The number of hydrogen-bond acceptors (Lipinski definition) is 6. The minimum Gasteiger partial charge on any atom is -0.462 e. The highest BCUT2D eigenvalue weighted by Crippen LogP contribution is 2.17. The number of ether oxygens (including phenoxy) is 3. The normalized spacial score (nSPS) is 12.2. The SMILES string of the molecule is CCCCCCC/C=C\C/C=C\C/C=C\CCCCCCCCCCCCCCCCC(=O)OCC(COC(=O)CCCCCCCCCCCCC)OC(=O)CCCCCCCCCCCCC. The fourth-order valence-corrected chi connectivity index (χ4v) is 9.04. The van der Waals surface area contributed by atoms with Crippen molar-refractivity contribution in [3.05, 3.63) is 36.5 Å². The molecule has 0 saturated carbocycles. The minimum atomic E-state index is -0.765. The van der Waals surface area contributed by atoms with Crippen LogP contribution in [0.3, 0.4) is 0 Å². The average Bonchev–Trinajstić information content (AvgIpc) is 3.35. The van der Waals surface area contributed by atoms with Crippen LogP contribution in [0.5, 0.6) is 0 Å². The third kappa shape index (κ3) is 56.4. The Balaban J connectivity index is 4.09. The summed E-state index contributed by atoms with van der Waals surface area (Å²) >= 11 is 0. The molecule has 0 aliphatic rings. The van der Waals surface area contributed by atoms with Crippen molar-refractivity contribution in [3.63, 3.8) is 0 Å². The van der Waals surface area contributed by atoms with E-state index in [1.807, 2.05) is 0 Å². The summed E-state index contributed by atoms with van der Waals surface area (Å²) in [6, 6.07) is 0. The largest absolute Gasteiger partial charge is 0.462 e. The van der Waals surface area contributed by atoms with Gasteiger partial charge in [0.05, 0.1) is 0 Å². The van der Waals surface area contributed by atoms with Crippen molar-refractivity contribution in [2.24, 2.45) is 0 Å². The molecule has 0 heterocycles. The third-order valence-corrected chi connectivity index (χ3v) is 13.6. The van der Waals surface area contributed by atoms with Crippen molar-refractivity contribution in [2.75, 3.05) is 13.2 Å². The molecule has 0 amide bonds. The molecule has 0 fully saturated rings. The zero-order chi connectivity index (χ0) is 50.0. The molecule has 404 valence electrons. The van der Waals surface area contributed by atoms with Crippen molar-refractivity contribution < 1.29 is 28.6 Å². The van der Waals surface area contributed by atoms with Crippen LogP contribution in [0, 0.1) is 0 Å². The molecule has 0 aromatic rings. The first-order chi connectivity index (χ1) is 34.0. The van der Waals surface area contributed by atoms with Crippen LogP contribution in [0.15, 0.2) is 36.5 Å². The Bertz CT molecular complexity index is 1160. The summed E-state index contributed by atoms with van der Waals surface area (Å²) in [6.07, 6.45) is 70.2. The lowest BCUT2D eigenvalue weighted by molar-refractivity contribution is -0.167. The van der Waals surface area contributed by atoms with Gasteiger partial charge in [-0.05, 0) is 57.8 Å². The molecule has 6 heteroatoms. The van der Waals surface area contributed by atoms with E-state index in [2.05, 4.69) is 57.2 Å². The summed E-state index contributed by atoms with van der Waals surface area (Å²) in [4.78, 5) is 38.0. The van der Waals surface area contributed by atoms with Gasteiger partial charge in [0.25, 0.3) is 0 Å². The molecular weight excluding hydrogens is 853 g/mol. The molecule has 0 bridgehead atoms. The Kier molecular flexibility index (Phi) is 56.2. The monoisotopic (exact) mass is 969 g/mol. The zero-order valence-corrected chi connectivity index (χ0v) is 46.3. The van der Waals surface area contributed by atoms with Gasteiger partial charge in [-0.1, -0.05) is 288 Å². The van der Waals surface area contributed by atoms with E-state index >= 15 is 0 Å². The summed E-state index contributed by atoms with van der Waals surface area (Å²) in [6.45, 7) is 6.65. The summed E-state index contributed by atoms with van der Waals surface area (Å²) in [5, 5.41) is 0. The van der Waals surface area contributed by atoms with Crippen molar-refractivity contribution in [1.82, 2.24) is 0 Å². The van der Waals surface area contributed by atoms with Crippen molar-refractivity contribution in [3.8, 4) is 0 Å². The Morgan fingerprint density at radius 1 is 0.290 bits per heavy atom. The molecule has 0 aromatic carbocycles. The maximum absolute atomic E-state index is 12.8. The van der Waals surface area contributed by atoms with Gasteiger partial charge in [-0.3, -0.25) is 14.4 Å². The number of allylic oxidation sites excluding steroid dienone is 6. The van der Waals surface area contributed by atoms with Crippen molar-refractivity contribution >= 4 is 17.9 Å². The van der Waals surface area contributed by atoms with Gasteiger partial charge in [0.15, 0.2) is 6.10 Å². The molecule has 0 spiro atoms. The second-order valence-electron chi connectivity index (χ2n) is 20.6. The fraction of sp³-hybridized carbons (Fsp3) is 0.857. The number of carbonyl (C=O) groups excluding carboxylic acids is 3. The summed E-state index contributed by atoms with van der Waals surface area (Å²) in [5.74, 6) is -0.851. The van der Waals surface area contributed by atoms with E-state index in [4.69, 9.17) is 14.2 Å². The van der Waals surface area contributed by atoms with E-state index in [-0.39, 0.29) is 31.1 Å². The second kappa shape index (κ2) is 58.2. The lowest BCUT2D eigenvalue weighted by Crippen LogP contribution is -2.30. The molecule has 0 radical (unpaired) electrons. The second-order valence-corrected chi connectivity index (χ2v) is 20.6. The highest BCUT2D eigenvalue weighted by molar-refractivity contribution is 5.71. The number of rotatable bonds is 56.